The quantitative estimate of drug-likeness (QED) is 0.839. The van der Waals surface area contributed by atoms with Crippen LogP contribution in [0.4, 0.5) is 5.13 Å². The zero-order valence-electron chi connectivity index (χ0n) is 13.0. The molecule has 1 saturated carbocycles. The number of carbonyl (C=O) groups excluding carboxylic acids is 2. The first-order valence-corrected chi connectivity index (χ1v) is 9.41. The first-order valence-electron chi connectivity index (χ1n) is 7.65. The topological polar surface area (TPSA) is 71.1 Å². The zero-order valence-corrected chi connectivity index (χ0v) is 14.7. The van der Waals surface area contributed by atoms with Crippen LogP contribution in [0.3, 0.4) is 0 Å². The lowest BCUT2D eigenvalue weighted by Gasteiger charge is -2.20. The van der Waals surface area contributed by atoms with Crippen molar-refractivity contribution in [3.8, 4) is 0 Å². The van der Waals surface area contributed by atoms with E-state index in [0.717, 1.165) is 5.69 Å². The van der Waals surface area contributed by atoms with E-state index < -0.39 is 6.04 Å². The Labute approximate surface area is 143 Å². The van der Waals surface area contributed by atoms with Crippen molar-refractivity contribution in [3.63, 3.8) is 0 Å². The van der Waals surface area contributed by atoms with Crippen LogP contribution < -0.4 is 10.6 Å². The second-order valence-corrected chi connectivity index (χ2v) is 7.82. The second-order valence-electron chi connectivity index (χ2n) is 6.01. The predicted molar refractivity (Wildman–Crippen MR) is 93.1 cm³/mol. The van der Waals surface area contributed by atoms with E-state index in [1.54, 1.807) is 6.07 Å². The third-order valence-corrected chi connectivity index (χ3v) is 5.37. The summed E-state index contributed by atoms with van der Waals surface area (Å²) < 4.78 is 0. The average Bonchev–Trinajstić information content (AvgIpc) is 3.02. The van der Waals surface area contributed by atoms with Gasteiger partial charge in [0.15, 0.2) is 5.13 Å². The Hall–Kier alpha value is -1.73. The van der Waals surface area contributed by atoms with Crippen LogP contribution in [-0.2, 0) is 4.79 Å². The summed E-state index contributed by atoms with van der Waals surface area (Å²) in [5.74, 6) is 0.117. The van der Waals surface area contributed by atoms with E-state index in [-0.39, 0.29) is 17.7 Å². The van der Waals surface area contributed by atoms with Crippen molar-refractivity contribution in [1.29, 1.82) is 0 Å². The fourth-order valence-electron chi connectivity index (χ4n) is 2.25. The Kier molecular flexibility index (Phi) is 4.77. The van der Waals surface area contributed by atoms with Gasteiger partial charge in [0, 0.05) is 11.3 Å². The van der Waals surface area contributed by atoms with Gasteiger partial charge in [-0.3, -0.25) is 9.59 Å². The van der Waals surface area contributed by atoms with Crippen LogP contribution in [0.25, 0.3) is 0 Å². The molecule has 2 aromatic rings. The Bertz CT molecular complexity index is 690. The van der Waals surface area contributed by atoms with Gasteiger partial charge in [0.05, 0.1) is 10.6 Å². The van der Waals surface area contributed by atoms with Gasteiger partial charge in [0.25, 0.3) is 5.91 Å². The molecule has 0 radical (unpaired) electrons. The first kappa shape index (κ1) is 16.1. The van der Waals surface area contributed by atoms with Gasteiger partial charge in [-0.2, -0.15) is 0 Å². The monoisotopic (exact) mass is 349 g/mol. The number of hydrogen-bond acceptors (Lipinski definition) is 5. The molecule has 1 aliphatic rings. The fraction of sp³-hybridized carbons (Fsp3) is 0.438. The Morgan fingerprint density at radius 1 is 1.30 bits per heavy atom. The summed E-state index contributed by atoms with van der Waals surface area (Å²) in [6.45, 7) is 3.83. The molecule has 0 saturated heterocycles. The van der Waals surface area contributed by atoms with E-state index in [1.807, 2.05) is 30.7 Å². The number of aromatic nitrogens is 1. The molecule has 0 spiro atoms. The van der Waals surface area contributed by atoms with Crippen LogP contribution in [0.5, 0.6) is 0 Å². The first-order chi connectivity index (χ1) is 11.0. The van der Waals surface area contributed by atoms with Crippen LogP contribution in [0.15, 0.2) is 22.9 Å². The van der Waals surface area contributed by atoms with E-state index in [0.29, 0.717) is 15.9 Å². The summed E-state index contributed by atoms with van der Waals surface area (Å²) in [6, 6.07) is 2.98. The number of carbonyl (C=O) groups is 2. The number of thiophene rings is 1. The Morgan fingerprint density at radius 2 is 2.09 bits per heavy atom. The van der Waals surface area contributed by atoms with Crippen LogP contribution in [0.1, 0.15) is 48.0 Å². The molecule has 23 heavy (non-hydrogen) atoms. The van der Waals surface area contributed by atoms with Gasteiger partial charge in [-0.05, 0) is 30.2 Å². The molecule has 0 aliphatic heterocycles. The lowest BCUT2D eigenvalue weighted by atomic mass is 10.0. The molecular weight excluding hydrogens is 330 g/mol. The molecule has 1 aliphatic carbocycles. The molecule has 0 aromatic carbocycles. The standard InChI is InChI=1S/C16H19N3O2S2/c1-9(2)13(18-14(20)12-4-3-7-22-12)15(21)19-16-17-11(8-23-16)10-5-6-10/h3-4,7-10,13H,5-6H2,1-2H3,(H,18,20)(H,17,19,21). The van der Waals surface area contributed by atoms with Crippen molar-refractivity contribution in [2.24, 2.45) is 5.92 Å². The summed E-state index contributed by atoms with van der Waals surface area (Å²) in [4.78, 5) is 29.7. The smallest absolute Gasteiger partial charge is 0.262 e. The minimum absolute atomic E-state index is 0.0122. The van der Waals surface area contributed by atoms with Crippen molar-refractivity contribution in [1.82, 2.24) is 10.3 Å². The van der Waals surface area contributed by atoms with Crippen molar-refractivity contribution in [2.45, 2.75) is 38.6 Å². The van der Waals surface area contributed by atoms with Gasteiger partial charge in [0.1, 0.15) is 6.04 Å². The summed E-state index contributed by atoms with van der Waals surface area (Å²) in [7, 11) is 0. The minimum atomic E-state index is -0.585. The maximum absolute atomic E-state index is 12.5. The normalized spacial score (nSPS) is 15.4. The van der Waals surface area contributed by atoms with Gasteiger partial charge in [-0.15, -0.1) is 22.7 Å². The lowest BCUT2D eigenvalue weighted by molar-refractivity contribution is -0.118. The molecule has 3 rings (SSSR count). The van der Waals surface area contributed by atoms with Crippen LogP contribution in [-0.4, -0.2) is 22.8 Å². The average molecular weight is 349 g/mol. The van der Waals surface area contributed by atoms with Gasteiger partial charge in [0.2, 0.25) is 5.91 Å². The molecule has 2 heterocycles. The number of anilines is 1. The lowest BCUT2D eigenvalue weighted by Crippen LogP contribution is -2.46. The molecule has 2 amide bonds. The van der Waals surface area contributed by atoms with Crippen molar-refractivity contribution in [3.05, 3.63) is 33.5 Å². The molecule has 122 valence electrons. The van der Waals surface area contributed by atoms with Crippen molar-refractivity contribution >= 4 is 39.6 Å². The molecule has 2 N–H and O–H groups in total. The Morgan fingerprint density at radius 3 is 2.70 bits per heavy atom. The molecule has 2 aromatic heterocycles. The molecule has 5 nitrogen and oxygen atoms in total. The molecule has 1 atom stereocenters. The predicted octanol–water partition coefficient (Wildman–Crippen LogP) is 3.48. The number of hydrogen-bond donors (Lipinski definition) is 2. The Balaban J connectivity index is 1.64. The van der Waals surface area contributed by atoms with E-state index in [2.05, 4.69) is 15.6 Å². The van der Waals surface area contributed by atoms with Crippen molar-refractivity contribution < 1.29 is 9.59 Å². The van der Waals surface area contributed by atoms with E-state index in [9.17, 15) is 9.59 Å². The van der Waals surface area contributed by atoms with Gasteiger partial charge >= 0.3 is 0 Å². The fourth-order valence-corrected chi connectivity index (χ4v) is 3.67. The van der Waals surface area contributed by atoms with Crippen molar-refractivity contribution in [2.75, 3.05) is 5.32 Å². The van der Waals surface area contributed by atoms with Gasteiger partial charge < -0.3 is 10.6 Å². The van der Waals surface area contributed by atoms with E-state index >= 15 is 0 Å². The highest BCUT2D eigenvalue weighted by Crippen LogP contribution is 2.40. The number of thiazole rings is 1. The molecule has 1 unspecified atom stereocenters. The zero-order chi connectivity index (χ0) is 16.4. The molecule has 0 bridgehead atoms. The van der Waals surface area contributed by atoms with Crippen LogP contribution >= 0.6 is 22.7 Å². The third kappa shape index (κ3) is 3.97. The summed E-state index contributed by atoms with van der Waals surface area (Å²) in [6.07, 6.45) is 2.37. The van der Waals surface area contributed by atoms with Gasteiger partial charge in [-0.1, -0.05) is 19.9 Å². The van der Waals surface area contributed by atoms with Crippen LogP contribution in [0, 0.1) is 5.92 Å². The number of nitrogens with one attached hydrogen (secondary N) is 2. The van der Waals surface area contributed by atoms with E-state index in [4.69, 9.17) is 0 Å². The minimum Gasteiger partial charge on any atom is -0.339 e. The molecular formula is C16H19N3O2S2. The van der Waals surface area contributed by atoms with Crippen LogP contribution in [0.2, 0.25) is 0 Å². The number of rotatable bonds is 6. The highest BCUT2D eigenvalue weighted by Gasteiger charge is 2.28. The largest absolute Gasteiger partial charge is 0.339 e. The summed E-state index contributed by atoms with van der Waals surface area (Å²) in [5.41, 5.74) is 1.06. The van der Waals surface area contributed by atoms with Gasteiger partial charge in [-0.25, -0.2) is 4.98 Å². The molecule has 1 fully saturated rings. The highest BCUT2D eigenvalue weighted by atomic mass is 32.1. The SMILES string of the molecule is CC(C)C(NC(=O)c1cccs1)C(=O)Nc1nc(C2CC2)cs1. The highest BCUT2D eigenvalue weighted by molar-refractivity contribution is 7.14. The maximum atomic E-state index is 12.5. The number of amides is 2. The second kappa shape index (κ2) is 6.80. The summed E-state index contributed by atoms with van der Waals surface area (Å²) in [5, 5.41) is 10.1. The van der Waals surface area contributed by atoms with E-state index in [1.165, 1.54) is 35.5 Å². The maximum Gasteiger partial charge on any atom is 0.262 e. The third-order valence-electron chi connectivity index (χ3n) is 3.73. The summed E-state index contributed by atoms with van der Waals surface area (Å²) >= 11 is 2.80. The number of nitrogens with zero attached hydrogens (tertiary/aromatic N) is 1. The molecule has 7 heteroatoms.